The molecule has 0 radical (unpaired) electrons. The third-order valence-electron chi connectivity index (χ3n) is 4.48. The molecule has 1 N–H and O–H groups in total. The van der Waals surface area contributed by atoms with Gasteiger partial charge in [-0.1, -0.05) is 23.7 Å². The van der Waals surface area contributed by atoms with Crippen molar-refractivity contribution < 1.29 is 13.2 Å². The van der Waals surface area contributed by atoms with E-state index < -0.39 is 10.0 Å². The van der Waals surface area contributed by atoms with Crippen LogP contribution in [0.15, 0.2) is 53.7 Å². The molecule has 0 aliphatic carbocycles. The average molecular weight is 409 g/mol. The highest BCUT2D eigenvalue weighted by Gasteiger charge is 2.30. The highest BCUT2D eigenvalue weighted by Crippen LogP contribution is 2.21. The molecule has 9 heteroatoms. The van der Waals surface area contributed by atoms with E-state index in [1.54, 1.807) is 29.4 Å². The summed E-state index contributed by atoms with van der Waals surface area (Å²) in [6, 6.07) is 9.52. The summed E-state index contributed by atoms with van der Waals surface area (Å²) in [7, 11) is -3.62. The minimum absolute atomic E-state index is 0.165. The number of benzene rings is 1. The molecule has 7 nitrogen and oxygen atoms in total. The maximum absolute atomic E-state index is 12.7. The second kappa shape index (κ2) is 8.24. The van der Waals surface area contributed by atoms with Gasteiger partial charge < -0.3 is 10.2 Å². The van der Waals surface area contributed by atoms with Gasteiger partial charge in [0.2, 0.25) is 10.0 Å². The first-order chi connectivity index (χ1) is 12.9. The quantitative estimate of drug-likeness (QED) is 0.842. The Morgan fingerprint density at radius 3 is 2.56 bits per heavy atom. The van der Waals surface area contributed by atoms with E-state index in [0.29, 0.717) is 18.1 Å². The van der Waals surface area contributed by atoms with E-state index in [-0.39, 0.29) is 30.1 Å². The van der Waals surface area contributed by atoms with Gasteiger partial charge in [0.1, 0.15) is 0 Å². The van der Waals surface area contributed by atoms with Crippen LogP contribution in [0.3, 0.4) is 0 Å². The number of carbonyl (C=O) groups is 1. The van der Waals surface area contributed by atoms with Gasteiger partial charge in [0, 0.05) is 43.6 Å². The minimum Gasteiger partial charge on any atom is -0.331 e. The van der Waals surface area contributed by atoms with Crippen molar-refractivity contribution in [1.29, 1.82) is 0 Å². The molecule has 0 unspecified atom stereocenters. The van der Waals surface area contributed by atoms with E-state index in [9.17, 15) is 13.2 Å². The SMILES string of the molecule is C[C@H](NC(=O)N1CCN(S(=O)(=O)c2cccc(Cl)c2)CC1)c1cccnc1. The number of sulfonamides is 1. The second-order valence-corrected chi connectivity index (χ2v) is 8.68. The number of pyridine rings is 1. The monoisotopic (exact) mass is 408 g/mol. The standard InChI is InChI=1S/C18H21ClN4O3S/c1-14(15-4-3-7-20-13-15)21-18(24)22-8-10-23(11-9-22)27(25,26)17-6-2-5-16(19)12-17/h2-7,12-14H,8-11H2,1H3,(H,21,24)/t14-/m0/s1. The van der Waals surface area contributed by atoms with Crippen LogP contribution in [0.4, 0.5) is 4.79 Å². The minimum atomic E-state index is -3.62. The normalized spacial score (nSPS) is 16.7. The Balaban J connectivity index is 1.59. The number of carbonyl (C=O) groups excluding carboxylic acids is 1. The average Bonchev–Trinajstić information content (AvgIpc) is 2.68. The molecule has 27 heavy (non-hydrogen) atoms. The molecule has 2 heterocycles. The smallest absolute Gasteiger partial charge is 0.317 e. The molecular weight excluding hydrogens is 388 g/mol. The van der Waals surface area contributed by atoms with Gasteiger partial charge in [0.15, 0.2) is 0 Å². The number of hydrogen-bond donors (Lipinski definition) is 1. The van der Waals surface area contributed by atoms with E-state index >= 15 is 0 Å². The number of halogens is 1. The fraction of sp³-hybridized carbons (Fsp3) is 0.333. The zero-order chi connectivity index (χ0) is 19.4. The van der Waals surface area contributed by atoms with E-state index in [1.807, 2.05) is 19.1 Å². The van der Waals surface area contributed by atoms with Crippen LogP contribution in [0.1, 0.15) is 18.5 Å². The summed E-state index contributed by atoms with van der Waals surface area (Å²) in [6.45, 7) is 3.01. The maximum atomic E-state index is 12.7. The summed E-state index contributed by atoms with van der Waals surface area (Å²) < 4.78 is 26.8. The van der Waals surface area contributed by atoms with Crippen molar-refractivity contribution >= 4 is 27.7 Å². The van der Waals surface area contributed by atoms with Crippen LogP contribution < -0.4 is 5.32 Å². The largest absolute Gasteiger partial charge is 0.331 e. The molecule has 1 aliphatic rings. The van der Waals surface area contributed by atoms with Gasteiger partial charge in [0.05, 0.1) is 10.9 Å². The molecule has 1 aromatic carbocycles. The van der Waals surface area contributed by atoms with E-state index in [4.69, 9.17) is 11.6 Å². The lowest BCUT2D eigenvalue weighted by atomic mass is 10.1. The molecule has 2 amide bonds. The second-order valence-electron chi connectivity index (χ2n) is 6.31. The number of piperazine rings is 1. The summed E-state index contributed by atoms with van der Waals surface area (Å²) in [5, 5.41) is 3.29. The zero-order valence-electron chi connectivity index (χ0n) is 14.9. The van der Waals surface area contributed by atoms with Crippen LogP contribution in [-0.2, 0) is 10.0 Å². The fourth-order valence-electron chi connectivity index (χ4n) is 2.90. The molecule has 3 rings (SSSR count). The molecule has 0 bridgehead atoms. The molecule has 2 aromatic rings. The van der Waals surface area contributed by atoms with E-state index in [0.717, 1.165) is 5.56 Å². The van der Waals surface area contributed by atoms with Gasteiger partial charge in [-0.05, 0) is 36.8 Å². The van der Waals surface area contributed by atoms with Crippen molar-refractivity contribution in [3.8, 4) is 0 Å². The molecular formula is C18H21ClN4O3S. The molecule has 1 aliphatic heterocycles. The number of hydrogen-bond acceptors (Lipinski definition) is 4. The van der Waals surface area contributed by atoms with Crippen molar-refractivity contribution in [2.24, 2.45) is 0 Å². The van der Waals surface area contributed by atoms with Crippen molar-refractivity contribution in [3.05, 3.63) is 59.4 Å². The third kappa shape index (κ3) is 4.58. The molecule has 1 atom stereocenters. The van der Waals surface area contributed by atoms with Crippen molar-refractivity contribution in [1.82, 2.24) is 19.5 Å². The summed E-state index contributed by atoms with van der Waals surface area (Å²) in [5.74, 6) is 0. The lowest BCUT2D eigenvalue weighted by Crippen LogP contribution is -2.53. The van der Waals surface area contributed by atoms with Crippen LogP contribution in [0.5, 0.6) is 0 Å². The lowest BCUT2D eigenvalue weighted by Gasteiger charge is -2.34. The summed E-state index contributed by atoms with van der Waals surface area (Å²) in [4.78, 5) is 18.3. The van der Waals surface area contributed by atoms with Crippen molar-refractivity contribution in [3.63, 3.8) is 0 Å². The highest BCUT2D eigenvalue weighted by atomic mass is 35.5. The predicted octanol–water partition coefficient (Wildman–Crippen LogP) is 2.51. The molecule has 1 fully saturated rings. The Hall–Kier alpha value is -2.16. The van der Waals surface area contributed by atoms with Gasteiger partial charge in [-0.25, -0.2) is 13.2 Å². The van der Waals surface area contributed by atoms with Gasteiger partial charge in [-0.3, -0.25) is 4.98 Å². The Morgan fingerprint density at radius 1 is 1.19 bits per heavy atom. The van der Waals surface area contributed by atoms with Gasteiger partial charge in [0.25, 0.3) is 0 Å². The Labute approximate surface area is 164 Å². The van der Waals surface area contributed by atoms with Crippen LogP contribution in [0.25, 0.3) is 0 Å². The van der Waals surface area contributed by atoms with E-state index in [1.165, 1.54) is 16.4 Å². The number of aromatic nitrogens is 1. The number of amides is 2. The molecule has 0 saturated carbocycles. The van der Waals surface area contributed by atoms with E-state index in [2.05, 4.69) is 10.3 Å². The summed E-state index contributed by atoms with van der Waals surface area (Å²) >= 11 is 5.90. The topological polar surface area (TPSA) is 82.6 Å². The van der Waals surface area contributed by atoms with Gasteiger partial charge in [-0.2, -0.15) is 4.31 Å². The first kappa shape index (κ1) is 19.6. The highest BCUT2D eigenvalue weighted by molar-refractivity contribution is 7.89. The number of rotatable bonds is 4. The summed E-state index contributed by atoms with van der Waals surface area (Å²) in [5.41, 5.74) is 0.910. The first-order valence-corrected chi connectivity index (χ1v) is 10.4. The molecule has 1 aromatic heterocycles. The zero-order valence-corrected chi connectivity index (χ0v) is 16.4. The molecule has 144 valence electrons. The summed E-state index contributed by atoms with van der Waals surface area (Å²) in [6.07, 6.45) is 3.39. The van der Waals surface area contributed by atoms with Crippen LogP contribution in [0, 0.1) is 0 Å². The van der Waals surface area contributed by atoms with Crippen LogP contribution in [0.2, 0.25) is 5.02 Å². The van der Waals surface area contributed by atoms with Crippen molar-refractivity contribution in [2.75, 3.05) is 26.2 Å². The van der Waals surface area contributed by atoms with Gasteiger partial charge in [-0.15, -0.1) is 0 Å². The lowest BCUT2D eigenvalue weighted by molar-refractivity contribution is 0.169. The Morgan fingerprint density at radius 2 is 1.93 bits per heavy atom. The predicted molar refractivity (Wildman–Crippen MR) is 103 cm³/mol. The van der Waals surface area contributed by atoms with Gasteiger partial charge >= 0.3 is 6.03 Å². The fourth-order valence-corrected chi connectivity index (χ4v) is 4.62. The Bertz CT molecular complexity index is 900. The molecule has 1 saturated heterocycles. The van der Waals surface area contributed by atoms with Crippen LogP contribution >= 0.6 is 11.6 Å². The number of nitrogens with zero attached hydrogens (tertiary/aromatic N) is 3. The van der Waals surface area contributed by atoms with Crippen molar-refractivity contribution in [2.45, 2.75) is 17.9 Å². The van der Waals surface area contributed by atoms with Crippen LogP contribution in [-0.4, -0.2) is 54.8 Å². The molecule has 0 spiro atoms. The number of nitrogens with one attached hydrogen (secondary N) is 1. The first-order valence-electron chi connectivity index (χ1n) is 8.59. The maximum Gasteiger partial charge on any atom is 0.317 e. The third-order valence-corrected chi connectivity index (χ3v) is 6.61. The number of urea groups is 1. The Kier molecular flexibility index (Phi) is 5.98.